The fourth-order valence-electron chi connectivity index (χ4n) is 4.32. The van der Waals surface area contributed by atoms with Gasteiger partial charge in [0.25, 0.3) is 5.91 Å². The Morgan fingerprint density at radius 1 is 1.22 bits per heavy atom. The fraction of sp³-hybridized carbons (Fsp3) is 0.619. The van der Waals surface area contributed by atoms with Crippen LogP contribution < -0.4 is 9.47 Å². The van der Waals surface area contributed by atoms with Gasteiger partial charge in [-0.15, -0.1) is 0 Å². The van der Waals surface area contributed by atoms with Gasteiger partial charge in [-0.1, -0.05) is 0 Å². The van der Waals surface area contributed by atoms with Crippen molar-refractivity contribution in [2.45, 2.75) is 45.3 Å². The normalized spacial score (nSPS) is 24.7. The number of amides is 2. The van der Waals surface area contributed by atoms with E-state index in [0.717, 1.165) is 19.4 Å². The van der Waals surface area contributed by atoms with Gasteiger partial charge in [0.05, 0.1) is 13.2 Å². The van der Waals surface area contributed by atoms with Crippen molar-refractivity contribution in [1.82, 2.24) is 9.80 Å². The Hall–Kier alpha value is -2.24. The van der Waals surface area contributed by atoms with Crippen LogP contribution in [-0.4, -0.2) is 61.5 Å². The van der Waals surface area contributed by atoms with Gasteiger partial charge in [0.15, 0.2) is 11.5 Å². The molecule has 27 heavy (non-hydrogen) atoms. The minimum atomic E-state index is -0.0206. The lowest BCUT2D eigenvalue weighted by molar-refractivity contribution is -0.134. The summed E-state index contributed by atoms with van der Waals surface area (Å²) in [6, 6.07) is 5.50. The third-order valence-electron chi connectivity index (χ3n) is 5.83. The second-order valence-electron chi connectivity index (χ2n) is 8.07. The molecular weight excluding hydrogens is 344 g/mol. The lowest BCUT2D eigenvalue weighted by Crippen LogP contribution is -2.39. The Bertz CT molecular complexity index is 718. The van der Waals surface area contributed by atoms with Crippen molar-refractivity contribution in [3.8, 4) is 11.5 Å². The van der Waals surface area contributed by atoms with Crippen molar-refractivity contribution in [1.29, 1.82) is 0 Å². The van der Waals surface area contributed by atoms with E-state index in [0.29, 0.717) is 35.3 Å². The number of methoxy groups -OCH3 is 1. The van der Waals surface area contributed by atoms with Crippen LogP contribution >= 0.6 is 0 Å². The summed E-state index contributed by atoms with van der Waals surface area (Å²) in [4.78, 5) is 28.6. The van der Waals surface area contributed by atoms with Gasteiger partial charge in [-0.3, -0.25) is 9.59 Å². The highest BCUT2D eigenvalue weighted by Crippen LogP contribution is 2.40. The van der Waals surface area contributed by atoms with Crippen LogP contribution in [0.5, 0.6) is 11.5 Å². The Morgan fingerprint density at radius 3 is 2.59 bits per heavy atom. The number of rotatable bonds is 5. The number of carbonyl (C=O) groups is 2. The molecule has 6 heteroatoms. The van der Waals surface area contributed by atoms with E-state index in [1.807, 2.05) is 37.7 Å². The largest absolute Gasteiger partial charge is 0.493 e. The topological polar surface area (TPSA) is 59.1 Å². The predicted octanol–water partition coefficient (Wildman–Crippen LogP) is 2.81. The number of carbonyl (C=O) groups excluding carboxylic acids is 2. The average molecular weight is 374 g/mol. The molecule has 1 unspecified atom stereocenters. The van der Waals surface area contributed by atoms with E-state index in [1.54, 1.807) is 25.3 Å². The number of likely N-dealkylation sites (tertiary alicyclic amines) is 1. The van der Waals surface area contributed by atoms with E-state index >= 15 is 0 Å². The number of fused-ring (bicyclic) bond motifs is 1. The molecule has 0 N–H and O–H groups in total. The van der Waals surface area contributed by atoms with Gasteiger partial charge < -0.3 is 19.3 Å². The fourth-order valence-corrected chi connectivity index (χ4v) is 4.32. The SMILES string of the molecule is COc1cc(C(=O)N(C)C2C[C@H]3CC(=O)N(C)C[C@H]3C2)ccc1OC(C)C. The maximum atomic E-state index is 13.0. The third-order valence-corrected chi connectivity index (χ3v) is 5.83. The minimum Gasteiger partial charge on any atom is -0.493 e. The van der Waals surface area contributed by atoms with Crippen molar-refractivity contribution in [2.75, 3.05) is 27.7 Å². The van der Waals surface area contributed by atoms with Crippen LogP contribution in [0.4, 0.5) is 0 Å². The maximum absolute atomic E-state index is 13.0. The van der Waals surface area contributed by atoms with Gasteiger partial charge in [-0.25, -0.2) is 0 Å². The van der Waals surface area contributed by atoms with Gasteiger partial charge in [-0.2, -0.15) is 0 Å². The highest BCUT2D eigenvalue weighted by molar-refractivity contribution is 5.95. The quantitative estimate of drug-likeness (QED) is 0.795. The smallest absolute Gasteiger partial charge is 0.253 e. The summed E-state index contributed by atoms with van der Waals surface area (Å²) >= 11 is 0. The standard InChI is InChI=1S/C21H30N2O4/c1-13(2)27-18-7-6-14(10-19(18)26-5)21(25)23(4)17-8-15-11-20(24)22(3)12-16(15)9-17/h6-7,10,13,15-17H,8-9,11-12H2,1-5H3/t15-,16+,17?/m0/s1. The van der Waals surface area contributed by atoms with Crippen LogP contribution in [0.3, 0.4) is 0 Å². The molecule has 0 aromatic heterocycles. The van der Waals surface area contributed by atoms with Crippen LogP contribution in [0.15, 0.2) is 18.2 Å². The Balaban J connectivity index is 1.71. The molecule has 3 atom stereocenters. The van der Waals surface area contributed by atoms with Gasteiger partial charge in [0, 0.05) is 38.7 Å². The molecule has 148 valence electrons. The minimum absolute atomic E-state index is 0.0206. The van der Waals surface area contributed by atoms with E-state index in [-0.39, 0.29) is 24.0 Å². The zero-order valence-electron chi connectivity index (χ0n) is 16.9. The van der Waals surface area contributed by atoms with E-state index in [1.165, 1.54) is 0 Å². The van der Waals surface area contributed by atoms with Gasteiger partial charge in [-0.05, 0) is 56.7 Å². The number of benzene rings is 1. The molecule has 2 aliphatic rings. The van der Waals surface area contributed by atoms with Crippen LogP contribution in [0, 0.1) is 11.8 Å². The number of ether oxygens (including phenoxy) is 2. The summed E-state index contributed by atoms with van der Waals surface area (Å²) in [5, 5.41) is 0. The molecule has 1 aromatic carbocycles. The first kappa shape index (κ1) is 19.5. The highest BCUT2D eigenvalue weighted by atomic mass is 16.5. The zero-order chi connectivity index (χ0) is 19.7. The van der Waals surface area contributed by atoms with E-state index in [2.05, 4.69) is 0 Å². The van der Waals surface area contributed by atoms with Crippen molar-refractivity contribution >= 4 is 11.8 Å². The molecule has 2 fully saturated rings. The summed E-state index contributed by atoms with van der Waals surface area (Å²) in [7, 11) is 5.31. The molecule has 0 bridgehead atoms. The molecule has 1 heterocycles. The van der Waals surface area contributed by atoms with Crippen molar-refractivity contribution in [2.24, 2.45) is 11.8 Å². The molecule has 2 amide bonds. The molecule has 3 rings (SSSR count). The van der Waals surface area contributed by atoms with E-state index < -0.39 is 0 Å². The second kappa shape index (κ2) is 7.79. The summed E-state index contributed by atoms with van der Waals surface area (Å²) in [6.45, 7) is 4.71. The van der Waals surface area contributed by atoms with Gasteiger partial charge >= 0.3 is 0 Å². The molecule has 6 nitrogen and oxygen atoms in total. The Morgan fingerprint density at radius 2 is 1.93 bits per heavy atom. The zero-order valence-corrected chi connectivity index (χ0v) is 16.9. The lowest BCUT2D eigenvalue weighted by Gasteiger charge is -2.31. The highest BCUT2D eigenvalue weighted by Gasteiger charge is 2.42. The van der Waals surface area contributed by atoms with Crippen LogP contribution in [0.2, 0.25) is 0 Å². The molecule has 1 saturated heterocycles. The Kier molecular flexibility index (Phi) is 5.63. The molecule has 1 aromatic rings. The molecule has 1 aliphatic carbocycles. The third kappa shape index (κ3) is 4.04. The molecule has 1 saturated carbocycles. The van der Waals surface area contributed by atoms with Gasteiger partial charge in [0.2, 0.25) is 5.91 Å². The van der Waals surface area contributed by atoms with Crippen LogP contribution in [0.25, 0.3) is 0 Å². The number of hydrogen-bond acceptors (Lipinski definition) is 4. The Labute approximate surface area is 161 Å². The number of nitrogens with zero attached hydrogens (tertiary/aromatic N) is 2. The number of piperidine rings is 1. The van der Waals surface area contributed by atoms with Crippen molar-refractivity contribution in [3.63, 3.8) is 0 Å². The first-order chi connectivity index (χ1) is 12.8. The maximum Gasteiger partial charge on any atom is 0.253 e. The summed E-state index contributed by atoms with van der Waals surface area (Å²) < 4.78 is 11.1. The first-order valence-corrected chi connectivity index (χ1v) is 9.66. The van der Waals surface area contributed by atoms with Crippen LogP contribution in [-0.2, 0) is 4.79 Å². The van der Waals surface area contributed by atoms with Crippen molar-refractivity contribution in [3.05, 3.63) is 23.8 Å². The van der Waals surface area contributed by atoms with Gasteiger partial charge in [0.1, 0.15) is 0 Å². The summed E-state index contributed by atoms with van der Waals surface area (Å²) in [5.74, 6) is 2.29. The summed E-state index contributed by atoms with van der Waals surface area (Å²) in [5.41, 5.74) is 0.591. The number of hydrogen-bond donors (Lipinski definition) is 0. The second-order valence-corrected chi connectivity index (χ2v) is 8.07. The molecule has 0 radical (unpaired) electrons. The van der Waals surface area contributed by atoms with E-state index in [4.69, 9.17) is 9.47 Å². The molecule has 0 spiro atoms. The average Bonchev–Trinajstić information content (AvgIpc) is 3.03. The first-order valence-electron chi connectivity index (χ1n) is 9.66. The van der Waals surface area contributed by atoms with Crippen LogP contribution in [0.1, 0.15) is 43.5 Å². The van der Waals surface area contributed by atoms with Crippen molar-refractivity contribution < 1.29 is 19.1 Å². The lowest BCUT2D eigenvalue weighted by atomic mass is 9.88. The predicted molar refractivity (Wildman–Crippen MR) is 103 cm³/mol. The van der Waals surface area contributed by atoms with E-state index in [9.17, 15) is 9.59 Å². The molecular formula is C21H30N2O4. The molecule has 1 aliphatic heterocycles. The monoisotopic (exact) mass is 374 g/mol. The summed E-state index contributed by atoms with van der Waals surface area (Å²) in [6.07, 6.45) is 2.49.